The van der Waals surface area contributed by atoms with Crippen LogP contribution in [-0.2, 0) is 29.2 Å². The van der Waals surface area contributed by atoms with Crippen molar-refractivity contribution in [2.75, 3.05) is 13.2 Å². The zero-order valence-corrected chi connectivity index (χ0v) is 25.4. The minimum absolute atomic E-state index is 0. The quantitative estimate of drug-likeness (QED) is 0.137. The molecule has 0 aromatic heterocycles. The monoisotopic (exact) mass is 568 g/mol. The van der Waals surface area contributed by atoms with E-state index in [1.165, 1.54) is 11.7 Å². The molecule has 1 aliphatic rings. The van der Waals surface area contributed by atoms with E-state index in [0.717, 1.165) is 51.4 Å². The Hall–Kier alpha value is -0.138. The summed E-state index contributed by atoms with van der Waals surface area (Å²) < 4.78 is 44.5. The zero-order valence-electron chi connectivity index (χ0n) is 23.2. The van der Waals surface area contributed by atoms with Crippen molar-refractivity contribution < 1.29 is 32.0 Å². The molecule has 0 bridgehead atoms. The van der Waals surface area contributed by atoms with Crippen molar-refractivity contribution in [2.24, 2.45) is 11.8 Å². The van der Waals surface area contributed by atoms with Gasteiger partial charge in [-0.3, -0.25) is 14.1 Å². The predicted molar refractivity (Wildman–Crippen MR) is 155 cm³/mol. The first-order chi connectivity index (χ1) is 17.1. The third kappa shape index (κ3) is 19.6. The second-order valence-electron chi connectivity index (χ2n) is 9.56. The molecule has 0 saturated carbocycles. The average Bonchev–Trinajstić information content (AvgIpc) is 3.36. The van der Waals surface area contributed by atoms with Crippen molar-refractivity contribution in [3.8, 4) is 0 Å². The van der Waals surface area contributed by atoms with Crippen molar-refractivity contribution in [1.82, 2.24) is 0 Å². The van der Waals surface area contributed by atoms with Gasteiger partial charge in [0.2, 0.25) is 0 Å². The summed E-state index contributed by atoms with van der Waals surface area (Å²) in [5, 5.41) is -0.521. The molecular formula is C27H50AlNaO7S. The summed E-state index contributed by atoms with van der Waals surface area (Å²) >= 11 is 0.197. The topological polar surface area (TPSA) is 107 Å². The molecule has 0 saturated heterocycles. The molecule has 7 nitrogen and oxygen atoms in total. The Kier molecular flexibility index (Phi) is 25.0. The molecule has 10 heteroatoms. The molecule has 0 heterocycles. The fourth-order valence-corrected chi connectivity index (χ4v) is 5.79. The summed E-state index contributed by atoms with van der Waals surface area (Å²) in [7, 11) is -4.76. The normalized spacial score (nSPS) is 14.8. The van der Waals surface area contributed by atoms with E-state index < -0.39 is 33.7 Å². The van der Waals surface area contributed by atoms with Crippen LogP contribution in [0, 0.1) is 11.8 Å². The van der Waals surface area contributed by atoms with Gasteiger partial charge in [-0.2, -0.15) is 8.42 Å². The maximum atomic E-state index is 12.2. The van der Waals surface area contributed by atoms with Crippen LogP contribution in [0.4, 0.5) is 0 Å². The number of carbonyl (C=O) groups excluding carboxylic acids is 2. The van der Waals surface area contributed by atoms with E-state index in [1.807, 2.05) is 13.8 Å². The number of esters is 2. The van der Waals surface area contributed by atoms with Crippen LogP contribution in [0.2, 0.25) is 5.28 Å². The molecule has 0 radical (unpaired) electrons. The van der Waals surface area contributed by atoms with Crippen LogP contribution >= 0.6 is 0 Å². The van der Waals surface area contributed by atoms with Crippen LogP contribution in [0.3, 0.4) is 0 Å². The van der Waals surface area contributed by atoms with Crippen LogP contribution < -0.4 is 0 Å². The summed E-state index contributed by atoms with van der Waals surface area (Å²) in [6, 6.07) is 0. The van der Waals surface area contributed by atoms with E-state index in [1.54, 1.807) is 4.44 Å². The SMILES string of the molecule is CCCCC(CC)COC(=O)CC(C(=O)OCC(CC)CCCC)S(=O)(=O)O.C[CH2][AlH][C]1=CC=CC1.[NaH]. The molecule has 1 N–H and O–H groups in total. The molecule has 37 heavy (non-hydrogen) atoms. The molecule has 0 aliphatic heterocycles. The van der Waals surface area contributed by atoms with Crippen LogP contribution in [-0.4, -0.2) is 88.1 Å². The number of carbonyl (C=O) groups is 2. The molecular weight excluding hydrogens is 518 g/mol. The van der Waals surface area contributed by atoms with Gasteiger partial charge in [-0.1, -0.05) is 96.7 Å². The summed E-state index contributed by atoms with van der Waals surface area (Å²) in [4.78, 5) is 24.2. The molecule has 1 rings (SSSR count). The number of hydrogen-bond acceptors (Lipinski definition) is 6. The van der Waals surface area contributed by atoms with Crippen molar-refractivity contribution in [3.05, 3.63) is 22.7 Å². The molecule has 0 aromatic carbocycles. The van der Waals surface area contributed by atoms with Gasteiger partial charge in [-0.25, -0.2) is 0 Å². The molecule has 210 valence electrons. The molecule has 0 fully saturated rings. The van der Waals surface area contributed by atoms with Crippen LogP contribution in [0.1, 0.15) is 98.8 Å². The Morgan fingerprint density at radius 2 is 1.51 bits per heavy atom. The van der Waals surface area contributed by atoms with E-state index >= 15 is 0 Å². The third-order valence-electron chi connectivity index (χ3n) is 6.42. The molecule has 3 unspecified atom stereocenters. The standard InChI is InChI=1S/C20H38O7S.C5H5.C2H5.Al.Na.2H/c1-5-9-11-16(7-3)14-26-19(21)13-18(28(23,24)25)20(22)27-15-17(8-4)12-10-6-2;1-2-4-5-3-1;1-2;;;;/h16-18H,5-15H2,1-4H3,(H,23,24,25);1-3H,4H2;1H2,2H3;;;;. The van der Waals surface area contributed by atoms with Crippen LogP contribution in [0.25, 0.3) is 0 Å². The number of ether oxygens (including phenoxy) is 2. The van der Waals surface area contributed by atoms with E-state index in [-0.39, 0.29) is 69.8 Å². The van der Waals surface area contributed by atoms with Gasteiger partial charge in [0.25, 0.3) is 25.3 Å². The number of allylic oxidation sites excluding steroid dienone is 4. The van der Waals surface area contributed by atoms with Gasteiger partial charge in [0, 0.05) is 0 Å². The van der Waals surface area contributed by atoms with Gasteiger partial charge in [0.05, 0.1) is 19.6 Å². The Bertz CT molecular complexity index is 784. The van der Waals surface area contributed by atoms with Crippen LogP contribution in [0.15, 0.2) is 22.7 Å². The summed E-state index contributed by atoms with van der Waals surface area (Å²) in [6.45, 7) is 10.6. The first-order valence-corrected chi connectivity index (χ1v) is 17.0. The van der Waals surface area contributed by atoms with E-state index in [9.17, 15) is 22.6 Å². The van der Waals surface area contributed by atoms with Gasteiger partial charge in [0.1, 0.15) is 0 Å². The summed E-state index contributed by atoms with van der Waals surface area (Å²) in [5.74, 6) is -1.61. The van der Waals surface area contributed by atoms with Crippen LogP contribution in [0.5, 0.6) is 0 Å². The zero-order chi connectivity index (χ0) is 27.4. The van der Waals surface area contributed by atoms with Gasteiger partial charge in [-0.15, -0.1) is 4.44 Å². The van der Waals surface area contributed by atoms with Crippen molar-refractivity contribution >= 4 is 66.8 Å². The first-order valence-electron chi connectivity index (χ1n) is 13.8. The predicted octanol–water partition coefficient (Wildman–Crippen LogP) is 5.21. The fourth-order valence-electron chi connectivity index (χ4n) is 3.82. The Labute approximate surface area is 254 Å². The molecule has 1 aliphatic carbocycles. The molecule has 3 atom stereocenters. The van der Waals surface area contributed by atoms with Gasteiger partial charge in [-0.05, 0) is 31.1 Å². The second kappa shape index (κ2) is 23.7. The van der Waals surface area contributed by atoms with E-state index in [4.69, 9.17) is 9.47 Å². The first kappa shape index (κ1) is 39.0. The maximum absolute atomic E-state index is 12.2. The second-order valence-corrected chi connectivity index (χ2v) is 13.6. The van der Waals surface area contributed by atoms with E-state index in [2.05, 4.69) is 39.0 Å². The van der Waals surface area contributed by atoms with Gasteiger partial charge >= 0.3 is 41.5 Å². The Balaban J connectivity index is 0. The Morgan fingerprint density at radius 3 is 1.92 bits per heavy atom. The number of unbranched alkanes of at least 4 members (excludes halogenated alkanes) is 2. The molecule has 0 amide bonds. The Morgan fingerprint density at radius 1 is 0.973 bits per heavy atom. The third-order valence-corrected chi connectivity index (χ3v) is 9.17. The van der Waals surface area contributed by atoms with E-state index in [0.29, 0.717) is 0 Å². The minimum atomic E-state index is -4.76. The van der Waals surface area contributed by atoms with Gasteiger partial charge < -0.3 is 9.47 Å². The van der Waals surface area contributed by atoms with Gasteiger partial charge in [0.15, 0.2) is 5.25 Å². The molecule has 0 aromatic rings. The summed E-state index contributed by atoms with van der Waals surface area (Å²) in [5.41, 5.74) is 0. The molecule has 0 spiro atoms. The fraction of sp³-hybridized carbons (Fsp3) is 0.778. The average molecular weight is 569 g/mol. The van der Waals surface area contributed by atoms with Crippen molar-refractivity contribution in [1.29, 1.82) is 0 Å². The number of rotatable bonds is 18. The summed E-state index contributed by atoms with van der Waals surface area (Å²) in [6.07, 6.45) is 14.7. The number of hydrogen-bond donors (Lipinski definition) is 1. The van der Waals surface area contributed by atoms with Crippen molar-refractivity contribution in [3.63, 3.8) is 0 Å². The van der Waals surface area contributed by atoms with Crippen molar-refractivity contribution in [2.45, 2.75) is 109 Å².